The summed E-state index contributed by atoms with van der Waals surface area (Å²) < 4.78 is 0. The maximum Gasteiger partial charge on any atom is 0.269 e. The van der Waals surface area contributed by atoms with Crippen molar-refractivity contribution in [2.45, 2.75) is 51.4 Å². The van der Waals surface area contributed by atoms with Gasteiger partial charge in [-0.05, 0) is 85.3 Å². The Balaban J connectivity index is 1.33. The second-order valence-corrected chi connectivity index (χ2v) is 9.19. The van der Waals surface area contributed by atoms with Crippen LogP contribution in [0.3, 0.4) is 0 Å². The van der Waals surface area contributed by atoms with Crippen LogP contribution in [0.2, 0.25) is 0 Å². The molecule has 3 aliphatic rings. The van der Waals surface area contributed by atoms with E-state index in [1.54, 1.807) is 0 Å². The van der Waals surface area contributed by atoms with Crippen molar-refractivity contribution in [1.29, 1.82) is 0 Å². The zero-order valence-corrected chi connectivity index (χ0v) is 16.9. The van der Waals surface area contributed by atoms with E-state index in [4.69, 9.17) is 0 Å². The summed E-state index contributed by atoms with van der Waals surface area (Å²) in [7, 11) is 0. The second-order valence-electron chi connectivity index (χ2n) is 9.19. The molecule has 2 N–H and O–H groups in total. The Hall–Kier alpha value is -2.62. The van der Waals surface area contributed by atoms with Crippen LogP contribution in [0.15, 0.2) is 48.5 Å². The van der Waals surface area contributed by atoms with Crippen LogP contribution in [-0.2, 0) is 11.2 Å². The predicted molar refractivity (Wildman–Crippen MR) is 114 cm³/mol. The first kappa shape index (κ1) is 18.4. The number of rotatable bonds is 3. The summed E-state index contributed by atoms with van der Waals surface area (Å²) in [6.45, 7) is 2.21. The quantitative estimate of drug-likeness (QED) is 0.738. The third-order valence-corrected chi connectivity index (χ3v) is 7.79. The Kier molecular flexibility index (Phi) is 4.45. The molecule has 0 aliphatic heterocycles. The topological polar surface area (TPSA) is 58.2 Å². The highest BCUT2D eigenvalue weighted by molar-refractivity contribution is 5.95. The average molecular weight is 389 g/mol. The number of hydrogen-bond acceptors (Lipinski definition) is 3. The molecule has 4 atom stereocenters. The molecule has 0 saturated heterocycles. The lowest BCUT2D eigenvalue weighted by atomic mass is 9.55. The zero-order chi connectivity index (χ0) is 20.0. The van der Waals surface area contributed by atoms with Gasteiger partial charge in [-0.3, -0.25) is 20.4 Å². The van der Waals surface area contributed by atoms with Crippen LogP contribution in [0, 0.1) is 17.3 Å². The minimum Gasteiger partial charge on any atom is -0.299 e. The highest BCUT2D eigenvalue weighted by atomic mass is 16.2. The van der Waals surface area contributed by atoms with Gasteiger partial charge in [0.15, 0.2) is 0 Å². The maximum absolute atomic E-state index is 12.6. The van der Waals surface area contributed by atoms with Gasteiger partial charge in [0, 0.05) is 17.4 Å². The third-order valence-electron chi connectivity index (χ3n) is 7.79. The lowest BCUT2D eigenvalue weighted by molar-refractivity contribution is -0.129. The molecule has 0 bridgehead atoms. The molecule has 150 valence electrons. The summed E-state index contributed by atoms with van der Waals surface area (Å²) in [6, 6.07) is 15.8. The Morgan fingerprint density at radius 1 is 1.03 bits per heavy atom. The summed E-state index contributed by atoms with van der Waals surface area (Å²) in [5.41, 5.74) is 9.96. The van der Waals surface area contributed by atoms with E-state index >= 15 is 0 Å². The smallest absolute Gasteiger partial charge is 0.269 e. The van der Waals surface area contributed by atoms with Gasteiger partial charge in [-0.25, -0.2) is 0 Å². The average Bonchev–Trinajstić information content (AvgIpc) is 3.06. The molecule has 4 heteroatoms. The zero-order valence-electron chi connectivity index (χ0n) is 16.9. The van der Waals surface area contributed by atoms with Gasteiger partial charge >= 0.3 is 0 Å². The van der Waals surface area contributed by atoms with Crippen LogP contribution in [0.4, 0.5) is 5.69 Å². The van der Waals surface area contributed by atoms with Crippen LogP contribution < -0.4 is 10.9 Å². The van der Waals surface area contributed by atoms with Crippen molar-refractivity contribution in [1.82, 2.24) is 5.43 Å². The number of carbonyl (C=O) groups excluding carboxylic acids is 2. The van der Waals surface area contributed by atoms with Crippen molar-refractivity contribution in [3.05, 3.63) is 65.2 Å². The van der Waals surface area contributed by atoms with Gasteiger partial charge in [0.2, 0.25) is 0 Å². The van der Waals surface area contributed by atoms with Gasteiger partial charge in [0.05, 0.1) is 5.69 Å². The van der Waals surface area contributed by atoms with Crippen molar-refractivity contribution < 1.29 is 9.59 Å². The highest BCUT2D eigenvalue weighted by Gasteiger charge is 2.54. The van der Waals surface area contributed by atoms with E-state index in [1.807, 2.05) is 36.4 Å². The fraction of sp³-hybridized carbons (Fsp3) is 0.440. The van der Waals surface area contributed by atoms with Gasteiger partial charge in [-0.2, -0.15) is 0 Å². The number of nitrogens with one attached hydrogen (secondary N) is 2. The maximum atomic E-state index is 12.6. The number of amides is 1. The number of anilines is 1. The summed E-state index contributed by atoms with van der Waals surface area (Å²) in [5, 5.41) is 0. The van der Waals surface area contributed by atoms with Crippen LogP contribution in [0.1, 0.15) is 66.4 Å². The predicted octanol–water partition coefficient (Wildman–Crippen LogP) is 4.87. The van der Waals surface area contributed by atoms with Crippen molar-refractivity contribution in [2.75, 3.05) is 5.43 Å². The Morgan fingerprint density at radius 3 is 2.69 bits per heavy atom. The molecule has 0 heterocycles. The van der Waals surface area contributed by atoms with Gasteiger partial charge in [0.1, 0.15) is 5.78 Å². The van der Waals surface area contributed by atoms with E-state index in [0.717, 1.165) is 44.2 Å². The van der Waals surface area contributed by atoms with Crippen molar-refractivity contribution >= 4 is 17.4 Å². The number of aryl methyl sites for hydroxylation is 1. The molecule has 29 heavy (non-hydrogen) atoms. The van der Waals surface area contributed by atoms with Crippen molar-refractivity contribution in [3.8, 4) is 0 Å². The number of benzene rings is 2. The molecule has 0 spiro atoms. The van der Waals surface area contributed by atoms with Gasteiger partial charge in [-0.15, -0.1) is 0 Å². The van der Waals surface area contributed by atoms with Gasteiger partial charge < -0.3 is 0 Å². The SMILES string of the molecule is C[C@]12CC[C@@H]3c4ccc(C(=O)NNc5ccccc5)cc4CC[C@H]3[C@@H]1CCC2=O. The summed E-state index contributed by atoms with van der Waals surface area (Å²) >= 11 is 0. The fourth-order valence-electron chi connectivity index (χ4n) is 6.22. The molecule has 2 aromatic rings. The van der Waals surface area contributed by atoms with Gasteiger partial charge in [-0.1, -0.05) is 31.2 Å². The molecule has 0 radical (unpaired) electrons. The first-order chi connectivity index (χ1) is 14.1. The molecule has 2 saturated carbocycles. The largest absolute Gasteiger partial charge is 0.299 e. The van der Waals surface area contributed by atoms with E-state index in [9.17, 15) is 9.59 Å². The number of ketones is 1. The lowest BCUT2D eigenvalue weighted by Gasteiger charge is -2.48. The Labute approximate surface area is 172 Å². The number of hydrazine groups is 1. The van der Waals surface area contributed by atoms with E-state index in [-0.39, 0.29) is 11.3 Å². The minimum absolute atomic E-state index is 0.0817. The third kappa shape index (κ3) is 3.06. The van der Waals surface area contributed by atoms with E-state index in [0.29, 0.717) is 29.1 Å². The van der Waals surface area contributed by atoms with E-state index in [2.05, 4.69) is 29.9 Å². The molecule has 0 unspecified atom stereocenters. The lowest BCUT2D eigenvalue weighted by Crippen LogP contribution is -2.42. The fourth-order valence-corrected chi connectivity index (χ4v) is 6.22. The summed E-state index contributed by atoms with van der Waals surface area (Å²) in [5.74, 6) is 2.08. The van der Waals surface area contributed by atoms with Crippen LogP contribution >= 0.6 is 0 Å². The number of hydrogen-bond donors (Lipinski definition) is 2. The Morgan fingerprint density at radius 2 is 1.86 bits per heavy atom. The first-order valence-electron chi connectivity index (χ1n) is 10.8. The molecule has 3 aliphatic carbocycles. The van der Waals surface area contributed by atoms with Crippen molar-refractivity contribution in [3.63, 3.8) is 0 Å². The number of Topliss-reactive ketones (excluding diaryl/α,β-unsaturated/α-hetero) is 1. The first-order valence-corrected chi connectivity index (χ1v) is 10.8. The summed E-state index contributed by atoms with van der Waals surface area (Å²) in [4.78, 5) is 25.1. The minimum atomic E-state index is -0.114. The van der Waals surface area contributed by atoms with Crippen LogP contribution in [0.25, 0.3) is 0 Å². The van der Waals surface area contributed by atoms with Gasteiger partial charge in [0.25, 0.3) is 5.91 Å². The number of carbonyl (C=O) groups is 2. The van der Waals surface area contributed by atoms with E-state index in [1.165, 1.54) is 11.1 Å². The molecule has 4 nitrogen and oxygen atoms in total. The summed E-state index contributed by atoms with van der Waals surface area (Å²) in [6.07, 6.45) is 6.09. The van der Waals surface area contributed by atoms with Crippen LogP contribution in [-0.4, -0.2) is 11.7 Å². The molecular formula is C25H28N2O2. The normalized spacial score (nSPS) is 30.1. The van der Waals surface area contributed by atoms with Crippen molar-refractivity contribution in [2.24, 2.45) is 17.3 Å². The molecule has 1 amide bonds. The molecule has 5 rings (SSSR count). The molecule has 2 aromatic carbocycles. The molecule has 0 aromatic heterocycles. The standard InChI is InChI=1S/C25H28N2O2/c1-25-14-13-20-19-9-8-17(24(29)27-26-18-5-3-2-4-6-18)15-16(19)7-10-21(20)22(25)11-12-23(25)28/h2-6,8-9,15,20-22,26H,7,10-14H2,1H3,(H,27,29)/t20-,21-,22+,25+/m1/s1. The van der Waals surface area contributed by atoms with Crippen LogP contribution in [0.5, 0.6) is 0 Å². The monoisotopic (exact) mass is 388 g/mol. The molecule has 2 fully saturated rings. The second kappa shape index (κ2) is 7.01. The number of para-hydroxylation sites is 1. The number of fused-ring (bicyclic) bond motifs is 5. The van der Waals surface area contributed by atoms with E-state index < -0.39 is 0 Å². The highest BCUT2D eigenvalue weighted by Crippen LogP contribution is 2.59. The Bertz CT molecular complexity index is 955. The molecular weight excluding hydrogens is 360 g/mol.